The monoisotopic (exact) mass is 678 g/mol. The van der Waals surface area contributed by atoms with Gasteiger partial charge in [0.2, 0.25) is 0 Å². The fourth-order valence-electron chi connectivity index (χ4n) is 10.0. The van der Waals surface area contributed by atoms with Gasteiger partial charge in [-0.15, -0.1) is 0 Å². The average Bonchev–Trinajstić information content (AvgIpc) is 3.25. The number of Topliss-reactive ketones (excluding diaryl/α,β-unsaturated/α-hetero) is 1. The third-order valence-corrected chi connectivity index (χ3v) is 13.3. The predicted molar refractivity (Wildman–Crippen MR) is 200 cm³/mol. The van der Waals surface area contributed by atoms with Crippen molar-refractivity contribution in [3.05, 3.63) is 93.5 Å². The van der Waals surface area contributed by atoms with Gasteiger partial charge in [-0.3, -0.25) is 14.6 Å². The van der Waals surface area contributed by atoms with E-state index < -0.39 is 5.60 Å². The maximum Gasteiger partial charge on any atom is 0.161 e. The number of hydrogen-bond donors (Lipinski definition) is 1. The van der Waals surface area contributed by atoms with E-state index in [2.05, 4.69) is 106 Å². The van der Waals surface area contributed by atoms with Crippen LogP contribution in [0.4, 0.5) is 0 Å². The second-order valence-corrected chi connectivity index (χ2v) is 17.2. The van der Waals surface area contributed by atoms with Gasteiger partial charge in [0.15, 0.2) is 11.5 Å². The molecule has 1 N–H and O–H groups in total. The van der Waals surface area contributed by atoms with E-state index in [0.717, 1.165) is 69.8 Å². The van der Waals surface area contributed by atoms with Crippen molar-refractivity contribution < 1.29 is 19.4 Å². The zero-order valence-corrected chi connectivity index (χ0v) is 31.6. The Balaban J connectivity index is 0.000000162. The van der Waals surface area contributed by atoms with E-state index in [1.165, 1.54) is 33.4 Å². The van der Waals surface area contributed by atoms with E-state index in [1.54, 1.807) is 19.8 Å². The lowest BCUT2D eigenvalue weighted by molar-refractivity contribution is -0.145. The predicted octanol–water partition coefficient (Wildman–Crippen LogP) is 7.87. The average molecular weight is 679 g/mol. The molecule has 4 aliphatic heterocycles. The van der Waals surface area contributed by atoms with Crippen molar-refractivity contribution in [2.45, 2.75) is 103 Å². The summed E-state index contributed by atoms with van der Waals surface area (Å²) in [6.45, 7) is 17.2. The van der Waals surface area contributed by atoms with Crippen molar-refractivity contribution in [3.63, 3.8) is 0 Å². The number of piperidine rings is 2. The van der Waals surface area contributed by atoms with Gasteiger partial charge in [-0.25, -0.2) is 0 Å². The number of aliphatic hydroxyl groups is 1. The molecule has 3 aromatic rings. The molecule has 0 amide bonds. The molecule has 50 heavy (non-hydrogen) atoms. The summed E-state index contributed by atoms with van der Waals surface area (Å²) >= 11 is 0. The van der Waals surface area contributed by atoms with E-state index in [1.807, 2.05) is 0 Å². The van der Waals surface area contributed by atoms with E-state index in [9.17, 15) is 9.90 Å². The highest BCUT2D eigenvalue weighted by atomic mass is 16.5. The number of ketones is 1. The number of nitrogens with zero attached hydrogens (tertiary/aromatic N) is 2. The van der Waals surface area contributed by atoms with Crippen LogP contribution in [0.5, 0.6) is 11.5 Å². The molecule has 0 aromatic heterocycles. The Bertz CT molecular complexity index is 1760. The van der Waals surface area contributed by atoms with E-state index in [-0.39, 0.29) is 22.9 Å². The molecule has 1 aliphatic carbocycles. The number of aryl methyl sites for hydroxylation is 2. The number of benzene rings is 3. The van der Waals surface area contributed by atoms with E-state index in [0.29, 0.717) is 24.0 Å². The quantitative estimate of drug-likeness (QED) is 0.304. The molecule has 268 valence electrons. The lowest BCUT2D eigenvalue weighted by Gasteiger charge is -2.58. The van der Waals surface area contributed by atoms with Gasteiger partial charge in [-0.05, 0) is 101 Å². The van der Waals surface area contributed by atoms with Crippen LogP contribution in [-0.4, -0.2) is 66.7 Å². The van der Waals surface area contributed by atoms with Crippen molar-refractivity contribution in [3.8, 4) is 11.5 Å². The highest BCUT2D eigenvalue weighted by Gasteiger charge is 2.55. The molecule has 8 rings (SSSR count). The molecule has 6 heteroatoms. The molecule has 5 unspecified atom stereocenters. The van der Waals surface area contributed by atoms with Gasteiger partial charge < -0.3 is 14.6 Å². The SMILES string of the molecule is CC12CC(O)(C(C)(C)C)CCN1CC1c3ccccc3CCc3cccc2c31.COc1cc2c(cc1OC)C1CC(=O)C(C(C)C)CN1CC2. The minimum Gasteiger partial charge on any atom is -0.493 e. The minimum atomic E-state index is -0.629. The highest BCUT2D eigenvalue weighted by molar-refractivity contribution is 5.83. The number of fused-ring (bicyclic) bond motifs is 7. The van der Waals surface area contributed by atoms with Crippen LogP contribution in [0, 0.1) is 17.3 Å². The molecular formula is C44H58N2O4. The van der Waals surface area contributed by atoms with Gasteiger partial charge in [0.1, 0.15) is 5.78 Å². The third kappa shape index (κ3) is 5.89. The Labute approximate surface area is 300 Å². The van der Waals surface area contributed by atoms with Gasteiger partial charge >= 0.3 is 0 Å². The smallest absolute Gasteiger partial charge is 0.161 e. The molecule has 0 spiro atoms. The molecule has 5 atom stereocenters. The molecular weight excluding hydrogens is 620 g/mol. The summed E-state index contributed by atoms with van der Waals surface area (Å²) in [6, 6.07) is 20.3. The van der Waals surface area contributed by atoms with Crippen molar-refractivity contribution in [1.82, 2.24) is 9.80 Å². The first kappa shape index (κ1) is 35.2. The van der Waals surface area contributed by atoms with Crippen molar-refractivity contribution in [2.24, 2.45) is 17.3 Å². The van der Waals surface area contributed by atoms with Crippen LogP contribution in [-0.2, 0) is 29.6 Å². The van der Waals surface area contributed by atoms with Crippen molar-refractivity contribution >= 4 is 5.78 Å². The first-order chi connectivity index (χ1) is 23.8. The summed E-state index contributed by atoms with van der Waals surface area (Å²) in [5, 5.41) is 11.6. The normalized spacial score (nSPS) is 28.9. The number of ether oxygens (including phenoxy) is 2. The minimum absolute atomic E-state index is 0.0958. The summed E-state index contributed by atoms with van der Waals surface area (Å²) < 4.78 is 10.8. The van der Waals surface area contributed by atoms with Crippen molar-refractivity contribution in [2.75, 3.05) is 40.4 Å². The molecule has 2 fully saturated rings. The molecule has 0 radical (unpaired) electrons. The van der Waals surface area contributed by atoms with E-state index in [4.69, 9.17) is 9.47 Å². The molecule has 3 aromatic carbocycles. The molecule has 4 heterocycles. The number of carbonyl (C=O) groups is 1. The first-order valence-electron chi connectivity index (χ1n) is 19.0. The zero-order valence-electron chi connectivity index (χ0n) is 31.6. The van der Waals surface area contributed by atoms with Crippen LogP contribution < -0.4 is 9.47 Å². The fraction of sp³-hybridized carbons (Fsp3) is 0.568. The molecule has 0 bridgehead atoms. The molecule has 5 aliphatic rings. The van der Waals surface area contributed by atoms with Crippen LogP contribution in [0.3, 0.4) is 0 Å². The van der Waals surface area contributed by atoms with Crippen LogP contribution in [0.15, 0.2) is 54.6 Å². The van der Waals surface area contributed by atoms with Gasteiger partial charge in [0.25, 0.3) is 0 Å². The summed E-state index contributed by atoms with van der Waals surface area (Å²) in [5.41, 5.74) is 9.26. The maximum atomic E-state index is 12.5. The number of rotatable bonds is 3. The Morgan fingerprint density at radius 1 is 0.860 bits per heavy atom. The Hall–Kier alpha value is -3.19. The van der Waals surface area contributed by atoms with Crippen LogP contribution >= 0.6 is 0 Å². The largest absolute Gasteiger partial charge is 0.493 e. The number of carbonyl (C=O) groups excluding carboxylic acids is 1. The summed E-state index contributed by atoms with van der Waals surface area (Å²) in [4.78, 5) is 17.6. The summed E-state index contributed by atoms with van der Waals surface area (Å²) in [7, 11) is 3.32. The summed E-state index contributed by atoms with van der Waals surface area (Å²) in [6.07, 6.45) is 5.54. The second-order valence-electron chi connectivity index (χ2n) is 17.2. The fourth-order valence-corrected chi connectivity index (χ4v) is 10.0. The Morgan fingerprint density at radius 3 is 2.28 bits per heavy atom. The second kappa shape index (κ2) is 13.1. The van der Waals surface area contributed by atoms with Crippen LogP contribution in [0.1, 0.15) is 112 Å². The van der Waals surface area contributed by atoms with Gasteiger partial charge in [0, 0.05) is 56.0 Å². The molecule has 2 saturated heterocycles. The molecule has 0 saturated carbocycles. The van der Waals surface area contributed by atoms with E-state index >= 15 is 0 Å². The van der Waals surface area contributed by atoms with Gasteiger partial charge in [-0.1, -0.05) is 77.1 Å². The van der Waals surface area contributed by atoms with Crippen LogP contribution in [0.25, 0.3) is 0 Å². The maximum absolute atomic E-state index is 12.5. The lowest BCUT2D eigenvalue weighted by atomic mass is 9.61. The van der Waals surface area contributed by atoms with Gasteiger partial charge in [0.05, 0.1) is 19.8 Å². The lowest BCUT2D eigenvalue weighted by Crippen LogP contribution is -2.62. The highest BCUT2D eigenvalue weighted by Crippen LogP contribution is 2.54. The third-order valence-electron chi connectivity index (χ3n) is 13.3. The zero-order chi connectivity index (χ0) is 35.6. The standard InChI is InChI=1S/C26H33NO.C18H25NO3/c1-24(2,3)26(28)14-15-27-16-21-20-10-6-5-8-18(20)12-13-19-9-7-11-22(23(19)21)25(27,4)17-26;1-11(2)14-10-19-6-5-12-7-17(21-3)18(22-4)8-13(12)15(19)9-16(14)20/h5-11,21,28H,12-17H2,1-4H3;7-8,11,14-15H,5-6,9-10H2,1-4H3. The Morgan fingerprint density at radius 2 is 1.56 bits per heavy atom. The first-order valence-corrected chi connectivity index (χ1v) is 19.0. The summed E-state index contributed by atoms with van der Waals surface area (Å²) in [5.74, 6) is 2.98. The Kier molecular flexibility index (Phi) is 9.23. The number of methoxy groups -OCH3 is 2. The van der Waals surface area contributed by atoms with Gasteiger partial charge in [-0.2, -0.15) is 0 Å². The topological polar surface area (TPSA) is 62.2 Å². The molecule has 6 nitrogen and oxygen atoms in total. The number of hydrogen-bond acceptors (Lipinski definition) is 6. The van der Waals surface area contributed by atoms with Crippen molar-refractivity contribution in [1.29, 1.82) is 0 Å². The van der Waals surface area contributed by atoms with Crippen LogP contribution in [0.2, 0.25) is 0 Å².